The zero-order chi connectivity index (χ0) is 10.6. The molecule has 6 heteroatoms. The van der Waals surface area contributed by atoms with E-state index in [1.807, 2.05) is 0 Å². The van der Waals surface area contributed by atoms with Crippen molar-refractivity contribution in [1.29, 1.82) is 0 Å². The molecule has 4 nitrogen and oxygen atoms in total. The van der Waals surface area contributed by atoms with Gasteiger partial charge >= 0.3 is 0 Å². The third kappa shape index (κ3) is 4.25. The van der Waals surface area contributed by atoms with E-state index in [4.69, 9.17) is 11.6 Å². The fourth-order valence-electron chi connectivity index (χ4n) is 0.755. The van der Waals surface area contributed by atoms with Crippen LogP contribution in [-0.2, 0) is 9.84 Å². The first-order valence-corrected chi connectivity index (χ1v) is 6.05. The van der Waals surface area contributed by atoms with E-state index in [2.05, 4.69) is 10.5 Å². The van der Waals surface area contributed by atoms with E-state index < -0.39 is 9.84 Å². The van der Waals surface area contributed by atoms with Crippen molar-refractivity contribution in [2.45, 2.75) is 0 Å². The lowest BCUT2D eigenvalue weighted by Crippen LogP contribution is -1.99. The quantitative estimate of drug-likeness (QED) is 0.491. The lowest BCUT2D eigenvalue weighted by Gasteiger charge is -1.98. The van der Waals surface area contributed by atoms with Crippen molar-refractivity contribution in [3.63, 3.8) is 0 Å². The molecular formula is C8H9ClN2O2S. The molecule has 0 aliphatic rings. The van der Waals surface area contributed by atoms with E-state index in [1.54, 1.807) is 24.3 Å². The molecule has 0 amide bonds. The van der Waals surface area contributed by atoms with Gasteiger partial charge in [-0.2, -0.15) is 5.10 Å². The number of rotatable bonds is 3. The van der Waals surface area contributed by atoms with Crippen LogP contribution in [0.4, 0.5) is 5.69 Å². The molecule has 1 aromatic rings. The Morgan fingerprint density at radius 1 is 1.50 bits per heavy atom. The van der Waals surface area contributed by atoms with Crippen molar-refractivity contribution < 1.29 is 8.42 Å². The molecule has 0 heterocycles. The standard InChI is InChI=1S/C8H9ClN2O2S/c1-14(12,13)6-10-11-8-4-2-3-7(9)5-8/h2-6,11H,1H3. The highest BCUT2D eigenvalue weighted by Gasteiger charge is 1.94. The summed E-state index contributed by atoms with van der Waals surface area (Å²) in [5, 5.41) is 4.09. The maximum Gasteiger partial charge on any atom is 0.187 e. The number of anilines is 1. The summed E-state index contributed by atoms with van der Waals surface area (Å²) in [7, 11) is -3.19. The molecular weight excluding hydrogens is 224 g/mol. The van der Waals surface area contributed by atoms with Crippen molar-refractivity contribution in [2.75, 3.05) is 11.7 Å². The van der Waals surface area contributed by atoms with Gasteiger partial charge in [0.05, 0.1) is 5.69 Å². The van der Waals surface area contributed by atoms with Crippen molar-refractivity contribution in [2.24, 2.45) is 5.10 Å². The van der Waals surface area contributed by atoms with E-state index in [0.29, 0.717) is 10.7 Å². The van der Waals surface area contributed by atoms with Gasteiger partial charge in [0.1, 0.15) is 5.55 Å². The number of hydrazone groups is 1. The lowest BCUT2D eigenvalue weighted by atomic mass is 10.3. The van der Waals surface area contributed by atoms with Crippen LogP contribution >= 0.6 is 11.6 Å². The Balaban J connectivity index is 2.67. The second-order valence-corrected chi connectivity index (χ2v) is 4.99. The molecule has 1 rings (SSSR count). The van der Waals surface area contributed by atoms with Gasteiger partial charge in [0.2, 0.25) is 0 Å². The maximum atomic E-state index is 10.7. The number of hydrogen-bond donors (Lipinski definition) is 1. The highest BCUT2D eigenvalue weighted by atomic mass is 35.5. The fraction of sp³-hybridized carbons (Fsp3) is 0.125. The van der Waals surface area contributed by atoms with E-state index in [9.17, 15) is 8.42 Å². The minimum atomic E-state index is -3.19. The Kier molecular flexibility index (Phi) is 3.49. The highest BCUT2D eigenvalue weighted by molar-refractivity contribution is 8.03. The van der Waals surface area contributed by atoms with Gasteiger partial charge in [-0.15, -0.1) is 0 Å². The highest BCUT2D eigenvalue weighted by Crippen LogP contribution is 2.14. The summed E-state index contributed by atoms with van der Waals surface area (Å²) in [6, 6.07) is 6.82. The van der Waals surface area contributed by atoms with E-state index >= 15 is 0 Å². The van der Waals surface area contributed by atoms with E-state index in [0.717, 1.165) is 11.8 Å². The first-order valence-electron chi connectivity index (χ1n) is 3.72. The van der Waals surface area contributed by atoms with Gasteiger partial charge in [0.25, 0.3) is 0 Å². The third-order valence-corrected chi connectivity index (χ3v) is 1.99. The second kappa shape index (κ2) is 4.43. The maximum absolute atomic E-state index is 10.7. The first kappa shape index (κ1) is 11.0. The summed E-state index contributed by atoms with van der Waals surface area (Å²) in [6.45, 7) is 0. The average molecular weight is 233 g/mol. The number of nitrogens with zero attached hydrogens (tertiary/aromatic N) is 1. The van der Waals surface area contributed by atoms with Gasteiger partial charge in [-0.25, -0.2) is 8.42 Å². The average Bonchev–Trinajstić information content (AvgIpc) is 2.01. The summed E-state index contributed by atoms with van der Waals surface area (Å²) >= 11 is 5.70. The van der Waals surface area contributed by atoms with Crippen LogP contribution in [0.1, 0.15) is 0 Å². The van der Waals surface area contributed by atoms with Crippen molar-refractivity contribution in [3.05, 3.63) is 29.3 Å². The number of halogens is 1. The zero-order valence-electron chi connectivity index (χ0n) is 7.44. The van der Waals surface area contributed by atoms with Crippen LogP contribution in [-0.4, -0.2) is 20.2 Å². The largest absolute Gasteiger partial charge is 0.278 e. The Morgan fingerprint density at radius 2 is 2.21 bits per heavy atom. The molecule has 1 aromatic carbocycles. The molecule has 0 unspecified atom stereocenters. The molecule has 0 bridgehead atoms. The Bertz CT molecular complexity index is 442. The lowest BCUT2D eigenvalue weighted by molar-refractivity contribution is 0.613. The minimum Gasteiger partial charge on any atom is -0.278 e. The fourth-order valence-corrected chi connectivity index (χ4v) is 1.19. The number of nitrogens with one attached hydrogen (secondary N) is 1. The molecule has 0 saturated heterocycles. The van der Waals surface area contributed by atoms with Crippen molar-refractivity contribution >= 4 is 32.7 Å². The minimum absolute atomic E-state index is 0.560. The van der Waals surface area contributed by atoms with Crippen LogP contribution in [0.3, 0.4) is 0 Å². The van der Waals surface area contributed by atoms with Crippen LogP contribution in [0.15, 0.2) is 29.4 Å². The molecule has 0 aliphatic carbocycles. The second-order valence-electron chi connectivity index (χ2n) is 2.69. The van der Waals surface area contributed by atoms with E-state index in [-0.39, 0.29) is 0 Å². The Hall–Kier alpha value is -1.07. The predicted molar refractivity (Wildman–Crippen MR) is 58.4 cm³/mol. The summed E-state index contributed by atoms with van der Waals surface area (Å²) in [5.74, 6) is 0. The van der Waals surface area contributed by atoms with Gasteiger partial charge in [-0.1, -0.05) is 17.7 Å². The summed E-state index contributed by atoms with van der Waals surface area (Å²) < 4.78 is 21.3. The summed E-state index contributed by atoms with van der Waals surface area (Å²) in [4.78, 5) is 0. The molecule has 1 N–H and O–H groups in total. The van der Waals surface area contributed by atoms with Crippen LogP contribution in [0.2, 0.25) is 5.02 Å². The topological polar surface area (TPSA) is 58.5 Å². The molecule has 0 radical (unpaired) electrons. The molecule has 0 aliphatic heterocycles. The number of sulfone groups is 1. The van der Waals surface area contributed by atoms with Crippen LogP contribution in [0, 0.1) is 0 Å². The number of benzene rings is 1. The smallest absolute Gasteiger partial charge is 0.187 e. The van der Waals surface area contributed by atoms with Gasteiger partial charge < -0.3 is 0 Å². The summed E-state index contributed by atoms with van der Waals surface area (Å²) in [5.41, 5.74) is 4.03. The number of hydrogen-bond acceptors (Lipinski definition) is 4. The van der Waals surface area contributed by atoms with Gasteiger partial charge in [-0.05, 0) is 18.2 Å². The first-order chi connectivity index (χ1) is 6.47. The molecule has 14 heavy (non-hydrogen) atoms. The predicted octanol–water partition coefficient (Wildman–Crippen LogP) is 1.74. The molecule has 0 aromatic heterocycles. The van der Waals surface area contributed by atoms with Gasteiger partial charge in [-0.3, -0.25) is 5.43 Å². The molecule has 0 atom stereocenters. The van der Waals surface area contributed by atoms with Gasteiger partial charge in [0.15, 0.2) is 9.84 Å². The Morgan fingerprint density at radius 3 is 2.79 bits per heavy atom. The Labute approximate surface area is 87.5 Å². The van der Waals surface area contributed by atoms with Crippen molar-refractivity contribution in [1.82, 2.24) is 0 Å². The monoisotopic (exact) mass is 232 g/mol. The zero-order valence-corrected chi connectivity index (χ0v) is 9.01. The van der Waals surface area contributed by atoms with E-state index in [1.165, 1.54) is 0 Å². The molecule has 76 valence electrons. The SMILES string of the molecule is CS(=O)(=O)C=NNc1cccc(Cl)c1. The van der Waals surface area contributed by atoms with Crippen LogP contribution < -0.4 is 5.43 Å². The molecule has 0 saturated carbocycles. The van der Waals surface area contributed by atoms with Gasteiger partial charge in [0, 0.05) is 11.3 Å². The molecule has 0 spiro atoms. The third-order valence-electron chi connectivity index (χ3n) is 1.26. The van der Waals surface area contributed by atoms with Crippen LogP contribution in [0.5, 0.6) is 0 Å². The van der Waals surface area contributed by atoms with Crippen molar-refractivity contribution in [3.8, 4) is 0 Å². The van der Waals surface area contributed by atoms with Crippen LogP contribution in [0.25, 0.3) is 0 Å². The normalized spacial score (nSPS) is 11.9. The molecule has 0 fully saturated rings. The summed E-state index contributed by atoms with van der Waals surface area (Å²) in [6.07, 6.45) is 1.07.